The van der Waals surface area contributed by atoms with E-state index < -0.39 is 10.0 Å². The summed E-state index contributed by atoms with van der Waals surface area (Å²) in [7, 11) is -0.841. The third-order valence-electron chi connectivity index (χ3n) is 3.27. The predicted octanol–water partition coefficient (Wildman–Crippen LogP) is 1.82. The Bertz CT molecular complexity index is 832. The molecule has 130 valence electrons. The van der Waals surface area contributed by atoms with Gasteiger partial charge >= 0.3 is 0 Å². The molecule has 2 rings (SSSR count). The zero-order valence-corrected chi connectivity index (χ0v) is 14.7. The highest BCUT2D eigenvalue weighted by Crippen LogP contribution is 2.22. The van der Waals surface area contributed by atoms with Gasteiger partial charge in [0.05, 0.1) is 18.9 Å². The normalized spacial score (nSPS) is 11.3. The number of amides is 1. The topological polar surface area (TPSA) is 97.6 Å². The molecule has 2 N–H and O–H groups in total. The van der Waals surface area contributed by atoms with E-state index in [1.165, 1.54) is 32.6 Å². The monoisotopic (exact) mass is 372 g/mol. The molecule has 0 saturated heterocycles. The molecule has 0 spiro atoms. The van der Waals surface area contributed by atoms with Gasteiger partial charge in [0.2, 0.25) is 5.09 Å². The molecule has 0 saturated carbocycles. The van der Waals surface area contributed by atoms with Crippen molar-refractivity contribution in [3.8, 4) is 5.75 Å². The number of sulfonamides is 1. The molecule has 0 aliphatic carbocycles. The summed E-state index contributed by atoms with van der Waals surface area (Å²) < 4.78 is 35.5. The highest BCUT2D eigenvalue weighted by atomic mass is 35.5. The quantitative estimate of drug-likeness (QED) is 0.772. The van der Waals surface area contributed by atoms with Crippen LogP contribution in [0.4, 0.5) is 0 Å². The van der Waals surface area contributed by atoms with E-state index in [2.05, 4.69) is 10.0 Å². The fourth-order valence-electron chi connectivity index (χ4n) is 2.00. The molecule has 0 bridgehead atoms. The van der Waals surface area contributed by atoms with Crippen molar-refractivity contribution < 1.29 is 22.4 Å². The first-order chi connectivity index (χ1) is 11.4. The summed E-state index contributed by atoms with van der Waals surface area (Å²) in [4.78, 5) is 12.2. The number of halogens is 1. The first-order valence-corrected chi connectivity index (χ1v) is 8.86. The first kappa shape index (κ1) is 18.3. The van der Waals surface area contributed by atoms with E-state index in [-0.39, 0.29) is 11.0 Å². The Kier molecular flexibility index (Phi) is 5.87. The Morgan fingerprint density at radius 1 is 1.33 bits per heavy atom. The van der Waals surface area contributed by atoms with Crippen LogP contribution in [0.2, 0.25) is 5.02 Å². The second kappa shape index (κ2) is 7.69. The number of carbonyl (C=O) groups is 1. The predicted molar refractivity (Wildman–Crippen MR) is 89.0 cm³/mol. The third kappa shape index (κ3) is 4.28. The molecule has 0 atom stereocenters. The van der Waals surface area contributed by atoms with Crippen LogP contribution in [0.3, 0.4) is 0 Å². The van der Waals surface area contributed by atoms with Gasteiger partial charge in [-0.1, -0.05) is 11.6 Å². The van der Waals surface area contributed by atoms with Crippen LogP contribution in [0.25, 0.3) is 0 Å². The number of benzene rings is 1. The maximum atomic E-state index is 12.2. The Morgan fingerprint density at radius 3 is 2.75 bits per heavy atom. The molecule has 7 nitrogen and oxygen atoms in total. The summed E-state index contributed by atoms with van der Waals surface area (Å²) >= 11 is 5.90. The van der Waals surface area contributed by atoms with E-state index in [0.29, 0.717) is 34.9 Å². The number of ether oxygens (including phenoxy) is 1. The van der Waals surface area contributed by atoms with Gasteiger partial charge in [-0.05, 0) is 37.2 Å². The van der Waals surface area contributed by atoms with Gasteiger partial charge in [0.25, 0.3) is 15.9 Å². The summed E-state index contributed by atoms with van der Waals surface area (Å²) in [5.74, 6) is 0.0866. The molecule has 0 fully saturated rings. The Hall–Kier alpha value is -2.03. The van der Waals surface area contributed by atoms with Crippen molar-refractivity contribution in [1.29, 1.82) is 0 Å². The first-order valence-electron chi connectivity index (χ1n) is 7.00. The van der Waals surface area contributed by atoms with Gasteiger partial charge in [0.1, 0.15) is 5.75 Å². The van der Waals surface area contributed by atoms with Crippen molar-refractivity contribution in [3.05, 3.63) is 46.7 Å². The Labute approximate surface area is 145 Å². The zero-order chi connectivity index (χ0) is 17.7. The lowest BCUT2D eigenvalue weighted by molar-refractivity contribution is 0.0951. The Morgan fingerprint density at radius 2 is 2.08 bits per heavy atom. The van der Waals surface area contributed by atoms with Crippen molar-refractivity contribution in [2.24, 2.45) is 0 Å². The van der Waals surface area contributed by atoms with Gasteiger partial charge in [-0.3, -0.25) is 4.79 Å². The van der Waals surface area contributed by atoms with Crippen LogP contribution in [0.1, 0.15) is 15.9 Å². The van der Waals surface area contributed by atoms with Crippen molar-refractivity contribution in [2.75, 3.05) is 20.7 Å². The van der Waals surface area contributed by atoms with Crippen LogP contribution in [-0.4, -0.2) is 35.0 Å². The molecule has 0 unspecified atom stereocenters. The number of rotatable bonds is 7. The van der Waals surface area contributed by atoms with Gasteiger partial charge in [-0.2, -0.15) is 0 Å². The van der Waals surface area contributed by atoms with E-state index in [1.54, 1.807) is 12.1 Å². The highest BCUT2D eigenvalue weighted by molar-refractivity contribution is 7.89. The summed E-state index contributed by atoms with van der Waals surface area (Å²) in [6, 6.07) is 6.18. The average molecular weight is 373 g/mol. The van der Waals surface area contributed by atoms with Crippen LogP contribution in [0, 0.1) is 0 Å². The molecule has 1 amide bonds. The summed E-state index contributed by atoms with van der Waals surface area (Å²) in [6.45, 7) is 0.299. The zero-order valence-electron chi connectivity index (χ0n) is 13.1. The molecule has 0 aliphatic heterocycles. The third-order valence-corrected chi connectivity index (χ3v) is 4.79. The SMILES string of the molecule is CNS(=O)(=O)c1cc(CCNC(=O)c2cc(Cl)ccc2OC)co1. The molecule has 1 heterocycles. The minimum Gasteiger partial charge on any atom is -0.496 e. The summed E-state index contributed by atoms with van der Waals surface area (Å²) in [6.07, 6.45) is 1.76. The van der Waals surface area contributed by atoms with Crippen LogP contribution in [-0.2, 0) is 16.4 Å². The second-order valence-electron chi connectivity index (χ2n) is 4.83. The maximum absolute atomic E-state index is 12.2. The number of methoxy groups -OCH3 is 1. The number of nitrogens with one attached hydrogen (secondary N) is 2. The van der Waals surface area contributed by atoms with Crippen LogP contribution in [0.5, 0.6) is 5.75 Å². The second-order valence-corrected chi connectivity index (χ2v) is 7.09. The number of carbonyl (C=O) groups excluding carboxylic acids is 1. The van der Waals surface area contributed by atoms with Crippen molar-refractivity contribution in [2.45, 2.75) is 11.5 Å². The van der Waals surface area contributed by atoms with Crippen LogP contribution < -0.4 is 14.8 Å². The largest absolute Gasteiger partial charge is 0.496 e. The minimum atomic E-state index is -3.61. The molecule has 0 aliphatic rings. The Balaban J connectivity index is 1.98. The lowest BCUT2D eigenvalue weighted by Gasteiger charge is -2.09. The number of furan rings is 1. The standard InChI is InChI=1S/C15H17ClN2O5S/c1-17-24(20,21)14-7-10(9-23-14)5-6-18-15(19)12-8-11(16)3-4-13(12)22-2/h3-4,7-9,17H,5-6H2,1-2H3,(H,18,19). The lowest BCUT2D eigenvalue weighted by atomic mass is 10.2. The van der Waals surface area contributed by atoms with E-state index in [4.69, 9.17) is 20.8 Å². The molecular weight excluding hydrogens is 356 g/mol. The van der Waals surface area contributed by atoms with Gasteiger partial charge in [0, 0.05) is 17.6 Å². The van der Waals surface area contributed by atoms with E-state index in [1.807, 2.05) is 0 Å². The highest BCUT2D eigenvalue weighted by Gasteiger charge is 2.17. The van der Waals surface area contributed by atoms with Crippen molar-refractivity contribution in [1.82, 2.24) is 10.0 Å². The fraction of sp³-hybridized carbons (Fsp3) is 0.267. The van der Waals surface area contributed by atoms with Gasteiger partial charge in [-0.25, -0.2) is 13.1 Å². The molecule has 9 heteroatoms. The molecule has 2 aromatic rings. The average Bonchev–Trinajstić information content (AvgIpc) is 3.04. The molecule has 1 aromatic carbocycles. The molecule has 1 aromatic heterocycles. The fourth-order valence-corrected chi connectivity index (χ4v) is 2.85. The van der Waals surface area contributed by atoms with E-state index in [9.17, 15) is 13.2 Å². The van der Waals surface area contributed by atoms with Gasteiger partial charge in [0.15, 0.2) is 0 Å². The molecule has 0 radical (unpaired) electrons. The lowest BCUT2D eigenvalue weighted by Crippen LogP contribution is -2.26. The maximum Gasteiger partial charge on any atom is 0.273 e. The van der Waals surface area contributed by atoms with Crippen LogP contribution >= 0.6 is 11.6 Å². The summed E-state index contributed by atoms with van der Waals surface area (Å²) in [5.41, 5.74) is 0.984. The molecule has 24 heavy (non-hydrogen) atoms. The van der Waals surface area contributed by atoms with E-state index >= 15 is 0 Å². The van der Waals surface area contributed by atoms with Crippen molar-refractivity contribution in [3.63, 3.8) is 0 Å². The number of hydrogen-bond donors (Lipinski definition) is 2. The smallest absolute Gasteiger partial charge is 0.273 e. The minimum absolute atomic E-state index is 0.164. The summed E-state index contributed by atoms with van der Waals surface area (Å²) in [5, 5.41) is 2.99. The van der Waals surface area contributed by atoms with Gasteiger partial charge < -0.3 is 14.5 Å². The molecular formula is C15H17ClN2O5S. The number of hydrogen-bond acceptors (Lipinski definition) is 5. The van der Waals surface area contributed by atoms with Crippen LogP contribution in [0.15, 0.2) is 40.0 Å². The van der Waals surface area contributed by atoms with E-state index in [0.717, 1.165) is 0 Å². The van der Waals surface area contributed by atoms with Gasteiger partial charge in [-0.15, -0.1) is 0 Å². The van der Waals surface area contributed by atoms with Crippen molar-refractivity contribution >= 4 is 27.5 Å².